The van der Waals surface area contributed by atoms with E-state index in [4.69, 9.17) is 4.74 Å². The van der Waals surface area contributed by atoms with Crippen LogP contribution in [0.25, 0.3) is 0 Å². The molecule has 1 amide bonds. The molecule has 3 heteroatoms. The monoisotopic (exact) mass is 155 g/mol. The zero-order valence-electron chi connectivity index (χ0n) is 6.91. The Kier molecular flexibility index (Phi) is 1.34. The summed E-state index contributed by atoms with van der Waals surface area (Å²) in [5.41, 5.74) is 0. The van der Waals surface area contributed by atoms with Crippen LogP contribution in [0.3, 0.4) is 0 Å². The molecule has 0 spiro atoms. The number of nitrogens with zero attached hydrogens (tertiary/aromatic N) is 1. The van der Waals surface area contributed by atoms with Gasteiger partial charge in [-0.15, -0.1) is 0 Å². The maximum absolute atomic E-state index is 11.1. The second-order valence-corrected chi connectivity index (χ2v) is 3.61. The third-order valence-corrected chi connectivity index (χ3v) is 2.79. The quantitative estimate of drug-likeness (QED) is 0.526. The summed E-state index contributed by atoms with van der Waals surface area (Å²) < 4.78 is 4.95. The summed E-state index contributed by atoms with van der Waals surface area (Å²) >= 11 is 0. The lowest BCUT2D eigenvalue weighted by atomic mass is 10.0. The molecule has 2 rings (SSSR count). The number of fused-ring (bicyclic) bond motifs is 1. The van der Waals surface area contributed by atoms with Crippen LogP contribution in [0, 0.1) is 5.92 Å². The molecule has 0 aliphatic carbocycles. The number of carbonyl (C=O) groups excluding carboxylic acids is 1. The Morgan fingerprint density at radius 2 is 2.27 bits per heavy atom. The first-order valence-corrected chi connectivity index (χ1v) is 4.15. The molecule has 0 aromatic heterocycles. The zero-order valence-corrected chi connectivity index (χ0v) is 6.91. The van der Waals surface area contributed by atoms with Crippen molar-refractivity contribution in [3.05, 3.63) is 0 Å². The van der Waals surface area contributed by atoms with Crippen molar-refractivity contribution in [2.45, 2.75) is 32.4 Å². The van der Waals surface area contributed by atoms with Crippen LogP contribution in [0.2, 0.25) is 0 Å². The van der Waals surface area contributed by atoms with Gasteiger partial charge in [-0.05, 0) is 19.3 Å². The van der Waals surface area contributed by atoms with Crippen LogP contribution >= 0.6 is 0 Å². The van der Waals surface area contributed by atoms with E-state index in [0.29, 0.717) is 24.6 Å². The first-order chi connectivity index (χ1) is 5.20. The zero-order chi connectivity index (χ0) is 8.01. The van der Waals surface area contributed by atoms with E-state index in [9.17, 15) is 4.79 Å². The molecular weight excluding hydrogens is 142 g/mol. The predicted octanol–water partition coefficient (Wildman–Crippen LogP) is 1.24. The van der Waals surface area contributed by atoms with Crippen LogP contribution < -0.4 is 0 Å². The van der Waals surface area contributed by atoms with Gasteiger partial charge >= 0.3 is 6.09 Å². The Bertz CT molecular complexity index is 193. The summed E-state index contributed by atoms with van der Waals surface area (Å²) in [7, 11) is 0. The molecule has 0 aromatic rings. The molecule has 2 fully saturated rings. The minimum atomic E-state index is -0.119. The predicted molar refractivity (Wildman–Crippen MR) is 40.2 cm³/mol. The van der Waals surface area contributed by atoms with Gasteiger partial charge < -0.3 is 4.74 Å². The Labute approximate surface area is 66.3 Å². The van der Waals surface area contributed by atoms with E-state index < -0.39 is 0 Å². The van der Waals surface area contributed by atoms with Gasteiger partial charge in [0.2, 0.25) is 0 Å². The number of hydrogen-bond donors (Lipinski definition) is 0. The van der Waals surface area contributed by atoms with Gasteiger partial charge in [-0.2, -0.15) is 0 Å². The van der Waals surface area contributed by atoms with E-state index in [-0.39, 0.29) is 6.09 Å². The molecule has 0 unspecified atom stereocenters. The highest BCUT2D eigenvalue weighted by molar-refractivity contribution is 5.71. The molecule has 3 atom stereocenters. The molecule has 62 valence electrons. The van der Waals surface area contributed by atoms with Crippen molar-refractivity contribution < 1.29 is 9.53 Å². The van der Waals surface area contributed by atoms with Gasteiger partial charge in [0.25, 0.3) is 0 Å². The summed E-state index contributed by atoms with van der Waals surface area (Å²) in [6.07, 6.45) is 1.01. The van der Waals surface area contributed by atoms with Gasteiger partial charge in [-0.3, -0.25) is 4.90 Å². The molecule has 0 saturated carbocycles. The second kappa shape index (κ2) is 2.13. The van der Waals surface area contributed by atoms with Gasteiger partial charge in [0.15, 0.2) is 0 Å². The number of hydrogen-bond acceptors (Lipinski definition) is 2. The molecule has 2 aliphatic rings. The number of rotatable bonds is 0. The molecule has 0 bridgehead atoms. The maximum Gasteiger partial charge on any atom is 0.410 e. The van der Waals surface area contributed by atoms with Crippen LogP contribution in [0.5, 0.6) is 0 Å². The van der Waals surface area contributed by atoms with E-state index in [1.165, 1.54) is 0 Å². The van der Waals surface area contributed by atoms with Crippen LogP contribution in [0.15, 0.2) is 0 Å². The van der Waals surface area contributed by atoms with Crippen molar-refractivity contribution in [3.8, 4) is 0 Å². The van der Waals surface area contributed by atoms with E-state index >= 15 is 0 Å². The number of amides is 1. The number of cyclic esters (lactones) is 1. The average molecular weight is 155 g/mol. The van der Waals surface area contributed by atoms with E-state index in [0.717, 1.165) is 6.42 Å². The molecule has 0 aromatic carbocycles. The van der Waals surface area contributed by atoms with Crippen molar-refractivity contribution >= 4 is 6.09 Å². The fourth-order valence-electron chi connectivity index (χ4n) is 2.20. The highest BCUT2D eigenvalue weighted by Crippen LogP contribution is 2.33. The lowest BCUT2D eigenvalue weighted by Crippen LogP contribution is -2.34. The molecule has 3 nitrogen and oxygen atoms in total. The molecule has 0 radical (unpaired) electrons. The van der Waals surface area contributed by atoms with Crippen molar-refractivity contribution in [3.63, 3.8) is 0 Å². The average Bonchev–Trinajstić information content (AvgIpc) is 2.41. The molecule has 2 aliphatic heterocycles. The minimum absolute atomic E-state index is 0.119. The molecule has 2 saturated heterocycles. The van der Waals surface area contributed by atoms with Crippen molar-refractivity contribution in [1.82, 2.24) is 4.90 Å². The highest BCUT2D eigenvalue weighted by Gasteiger charge is 2.45. The van der Waals surface area contributed by atoms with Gasteiger partial charge in [0.1, 0.15) is 6.61 Å². The highest BCUT2D eigenvalue weighted by atomic mass is 16.6. The summed E-state index contributed by atoms with van der Waals surface area (Å²) in [4.78, 5) is 13.0. The van der Waals surface area contributed by atoms with Gasteiger partial charge in [0.05, 0.1) is 6.04 Å². The SMILES string of the molecule is C[C@@H]1C[C@@H](C)N2C(=O)OC[C@H]12. The summed E-state index contributed by atoms with van der Waals surface area (Å²) in [5, 5.41) is 0. The number of ether oxygens (including phenoxy) is 1. The van der Waals surface area contributed by atoms with Crippen molar-refractivity contribution in [2.75, 3.05) is 6.61 Å². The smallest absolute Gasteiger partial charge is 0.410 e. The van der Waals surface area contributed by atoms with Crippen molar-refractivity contribution in [2.24, 2.45) is 5.92 Å². The molecule has 2 heterocycles. The Hall–Kier alpha value is -0.730. The van der Waals surface area contributed by atoms with E-state index in [1.807, 2.05) is 4.90 Å². The standard InChI is InChI=1S/C8H13NO2/c1-5-3-6(2)9-7(5)4-11-8(9)10/h5-7H,3-4H2,1-2H3/t5-,6-,7-/m1/s1. The fourth-order valence-corrected chi connectivity index (χ4v) is 2.20. The molecule has 0 N–H and O–H groups in total. The lowest BCUT2D eigenvalue weighted by molar-refractivity contribution is 0.151. The first kappa shape index (κ1) is 6.95. The summed E-state index contributed by atoms with van der Waals surface area (Å²) in [6.45, 7) is 4.87. The minimum Gasteiger partial charge on any atom is -0.447 e. The topological polar surface area (TPSA) is 29.5 Å². The third-order valence-electron chi connectivity index (χ3n) is 2.79. The van der Waals surface area contributed by atoms with Gasteiger partial charge in [-0.25, -0.2) is 4.79 Å². The maximum atomic E-state index is 11.1. The summed E-state index contributed by atoms with van der Waals surface area (Å²) in [5.74, 6) is 0.608. The lowest BCUT2D eigenvalue weighted by Gasteiger charge is -2.16. The largest absolute Gasteiger partial charge is 0.447 e. The fraction of sp³-hybridized carbons (Fsp3) is 0.875. The first-order valence-electron chi connectivity index (χ1n) is 4.15. The van der Waals surface area contributed by atoms with E-state index in [1.54, 1.807) is 0 Å². The Morgan fingerprint density at radius 3 is 2.91 bits per heavy atom. The second-order valence-electron chi connectivity index (χ2n) is 3.61. The third kappa shape index (κ3) is 0.832. The molecule has 11 heavy (non-hydrogen) atoms. The van der Waals surface area contributed by atoms with Crippen LogP contribution in [-0.4, -0.2) is 29.7 Å². The Balaban J connectivity index is 2.21. The van der Waals surface area contributed by atoms with Crippen LogP contribution in [-0.2, 0) is 4.74 Å². The van der Waals surface area contributed by atoms with Gasteiger partial charge in [0, 0.05) is 6.04 Å². The molecular formula is C8H13NO2. The number of carbonyl (C=O) groups is 1. The van der Waals surface area contributed by atoms with Crippen LogP contribution in [0.4, 0.5) is 4.79 Å². The van der Waals surface area contributed by atoms with Gasteiger partial charge in [-0.1, -0.05) is 6.92 Å². The van der Waals surface area contributed by atoms with Crippen molar-refractivity contribution in [1.29, 1.82) is 0 Å². The van der Waals surface area contributed by atoms with E-state index in [2.05, 4.69) is 13.8 Å². The normalized spacial score (nSPS) is 42.5. The van der Waals surface area contributed by atoms with Crippen LogP contribution in [0.1, 0.15) is 20.3 Å². The Morgan fingerprint density at radius 1 is 1.55 bits per heavy atom. The summed E-state index contributed by atoms with van der Waals surface area (Å²) in [6, 6.07) is 0.738.